The molecule has 0 saturated heterocycles. The monoisotopic (exact) mass is 243 g/mol. The zero-order valence-electron chi connectivity index (χ0n) is 10.2. The van der Waals surface area contributed by atoms with Gasteiger partial charge in [0.25, 0.3) is 0 Å². The van der Waals surface area contributed by atoms with E-state index in [2.05, 4.69) is 15.0 Å². The van der Waals surface area contributed by atoms with E-state index in [4.69, 9.17) is 10.2 Å². The first-order chi connectivity index (χ1) is 8.66. The molecule has 0 aliphatic rings. The average molecular weight is 243 g/mol. The number of pyridine rings is 1. The maximum atomic E-state index is 5.95. The molecule has 0 aromatic carbocycles. The lowest BCUT2D eigenvalue weighted by molar-refractivity contribution is 0.421. The molecule has 0 radical (unpaired) electrons. The number of anilines is 1. The molecule has 6 heteroatoms. The van der Waals surface area contributed by atoms with E-state index in [1.807, 2.05) is 24.5 Å². The second kappa shape index (κ2) is 3.83. The SMILES string of the molecule is Cc1cnc(C(C)n2c(N)nc3cnccc32)o1. The predicted molar refractivity (Wildman–Crippen MR) is 67.0 cm³/mol. The van der Waals surface area contributed by atoms with Crippen molar-refractivity contribution in [3.8, 4) is 0 Å². The van der Waals surface area contributed by atoms with Crippen molar-refractivity contribution < 1.29 is 4.42 Å². The molecule has 0 spiro atoms. The molecule has 92 valence electrons. The Morgan fingerprint density at radius 3 is 2.94 bits per heavy atom. The number of oxazole rings is 1. The van der Waals surface area contributed by atoms with Crippen LogP contribution in [0, 0.1) is 6.92 Å². The van der Waals surface area contributed by atoms with Crippen molar-refractivity contribution in [2.24, 2.45) is 0 Å². The van der Waals surface area contributed by atoms with Gasteiger partial charge in [0.05, 0.1) is 17.9 Å². The van der Waals surface area contributed by atoms with Gasteiger partial charge in [0.2, 0.25) is 11.8 Å². The van der Waals surface area contributed by atoms with Gasteiger partial charge in [-0.05, 0) is 19.9 Å². The highest BCUT2D eigenvalue weighted by Crippen LogP contribution is 2.26. The van der Waals surface area contributed by atoms with E-state index in [1.54, 1.807) is 18.6 Å². The molecule has 0 bridgehead atoms. The Morgan fingerprint density at radius 2 is 2.22 bits per heavy atom. The third kappa shape index (κ3) is 1.54. The molecule has 0 fully saturated rings. The summed E-state index contributed by atoms with van der Waals surface area (Å²) < 4.78 is 7.43. The largest absolute Gasteiger partial charge is 0.444 e. The Balaban J connectivity index is 2.16. The van der Waals surface area contributed by atoms with E-state index in [-0.39, 0.29) is 6.04 Å². The van der Waals surface area contributed by atoms with Gasteiger partial charge >= 0.3 is 0 Å². The maximum Gasteiger partial charge on any atom is 0.217 e. The minimum atomic E-state index is -0.105. The average Bonchev–Trinajstić information content (AvgIpc) is 2.91. The van der Waals surface area contributed by atoms with Crippen LogP contribution in [-0.2, 0) is 0 Å². The summed E-state index contributed by atoms with van der Waals surface area (Å²) in [6, 6.07) is 1.77. The van der Waals surface area contributed by atoms with Crippen molar-refractivity contribution in [1.82, 2.24) is 19.5 Å². The zero-order chi connectivity index (χ0) is 12.7. The molecule has 2 N–H and O–H groups in total. The number of fused-ring (bicyclic) bond motifs is 1. The fourth-order valence-corrected chi connectivity index (χ4v) is 2.05. The van der Waals surface area contributed by atoms with Crippen molar-refractivity contribution in [2.75, 3.05) is 5.73 Å². The van der Waals surface area contributed by atoms with Gasteiger partial charge in [0.15, 0.2) is 0 Å². The Kier molecular flexibility index (Phi) is 2.29. The van der Waals surface area contributed by atoms with Crippen LogP contribution in [-0.4, -0.2) is 19.5 Å². The van der Waals surface area contributed by atoms with Gasteiger partial charge in [0, 0.05) is 6.20 Å². The topological polar surface area (TPSA) is 82.8 Å². The van der Waals surface area contributed by atoms with Gasteiger partial charge in [-0.2, -0.15) is 0 Å². The van der Waals surface area contributed by atoms with E-state index >= 15 is 0 Å². The van der Waals surface area contributed by atoms with Crippen LogP contribution in [0.5, 0.6) is 0 Å². The Bertz CT molecular complexity index is 699. The molecule has 1 atom stereocenters. The summed E-state index contributed by atoms with van der Waals surface area (Å²) in [5, 5.41) is 0. The minimum Gasteiger partial charge on any atom is -0.444 e. The third-order valence-corrected chi connectivity index (χ3v) is 2.90. The number of hydrogen-bond donors (Lipinski definition) is 1. The molecular weight excluding hydrogens is 230 g/mol. The second-order valence-corrected chi connectivity index (χ2v) is 4.19. The fourth-order valence-electron chi connectivity index (χ4n) is 2.05. The van der Waals surface area contributed by atoms with E-state index in [9.17, 15) is 0 Å². The Morgan fingerprint density at radius 1 is 1.39 bits per heavy atom. The van der Waals surface area contributed by atoms with Gasteiger partial charge in [-0.3, -0.25) is 9.55 Å². The van der Waals surface area contributed by atoms with Gasteiger partial charge in [-0.25, -0.2) is 9.97 Å². The molecule has 1 unspecified atom stereocenters. The molecule has 0 saturated carbocycles. The smallest absolute Gasteiger partial charge is 0.217 e. The highest BCUT2D eigenvalue weighted by molar-refractivity contribution is 5.77. The van der Waals surface area contributed by atoms with E-state index < -0.39 is 0 Å². The van der Waals surface area contributed by atoms with Crippen LogP contribution in [0.1, 0.15) is 24.6 Å². The zero-order valence-corrected chi connectivity index (χ0v) is 10.2. The summed E-state index contributed by atoms with van der Waals surface area (Å²) in [7, 11) is 0. The van der Waals surface area contributed by atoms with E-state index in [0.29, 0.717) is 11.8 Å². The molecule has 0 aliphatic heterocycles. The molecule has 3 aromatic heterocycles. The van der Waals surface area contributed by atoms with Gasteiger partial charge in [0.1, 0.15) is 17.3 Å². The molecule has 3 heterocycles. The quantitative estimate of drug-likeness (QED) is 0.743. The molecule has 0 amide bonds. The van der Waals surface area contributed by atoms with Crippen LogP contribution in [0.2, 0.25) is 0 Å². The lowest BCUT2D eigenvalue weighted by Gasteiger charge is -2.12. The van der Waals surface area contributed by atoms with Crippen LogP contribution >= 0.6 is 0 Å². The van der Waals surface area contributed by atoms with Crippen molar-refractivity contribution >= 4 is 17.0 Å². The first-order valence-corrected chi connectivity index (χ1v) is 5.66. The standard InChI is InChI=1S/C12H13N5O/c1-7-5-15-11(18-7)8(2)17-10-3-4-14-6-9(10)16-12(17)13/h3-6,8H,1-2H3,(H2,13,16). The van der Waals surface area contributed by atoms with E-state index in [1.165, 1.54) is 0 Å². The number of nitrogen functional groups attached to an aromatic ring is 1. The van der Waals surface area contributed by atoms with Gasteiger partial charge < -0.3 is 10.2 Å². The van der Waals surface area contributed by atoms with E-state index in [0.717, 1.165) is 16.8 Å². The molecule has 3 rings (SSSR count). The second-order valence-electron chi connectivity index (χ2n) is 4.19. The van der Waals surface area contributed by atoms with Crippen LogP contribution in [0.15, 0.2) is 29.1 Å². The summed E-state index contributed by atoms with van der Waals surface area (Å²) in [5.41, 5.74) is 7.64. The summed E-state index contributed by atoms with van der Waals surface area (Å²) in [4.78, 5) is 12.5. The number of imidazole rings is 1. The third-order valence-electron chi connectivity index (χ3n) is 2.90. The number of aromatic nitrogens is 4. The highest BCUT2D eigenvalue weighted by Gasteiger charge is 2.19. The predicted octanol–water partition coefficient (Wildman–Crippen LogP) is 1.92. The summed E-state index contributed by atoms with van der Waals surface area (Å²) >= 11 is 0. The van der Waals surface area contributed by atoms with Crippen molar-refractivity contribution in [3.05, 3.63) is 36.3 Å². The van der Waals surface area contributed by atoms with Crippen molar-refractivity contribution in [2.45, 2.75) is 19.9 Å². The minimum absolute atomic E-state index is 0.105. The number of rotatable bonds is 2. The van der Waals surface area contributed by atoms with Crippen LogP contribution in [0.25, 0.3) is 11.0 Å². The Hall–Kier alpha value is -2.37. The Labute approximate surface area is 103 Å². The van der Waals surface area contributed by atoms with Crippen LogP contribution in [0.4, 0.5) is 5.95 Å². The molecule has 0 aliphatic carbocycles. The fraction of sp³-hybridized carbons (Fsp3) is 0.250. The molecule has 6 nitrogen and oxygen atoms in total. The lowest BCUT2D eigenvalue weighted by atomic mass is 10.3. The number of nitrogens with zero attached hydrogens (tertiary/aromatic N) is 4. The summed E-state index contributed by atoms with van der Waals surface area (Å²) in [6.45, 7) is 3.84. The van der Waals surface area contributed by atoms with Gasteiger partial charge in [-0.15, -0.1) is 0 Å². The van der Waals surface area contributed by atoms with Crippen LogP contribution in [0.3, 0.4) is 0 Å². The summed E-state index contributed by atoms with van der Waals surface area (Å²) in [6.07, 6.45) is 5.10. The molecule has 3 aromatic rings. The lowest BCUT2D eigenvalue weighted by Crippen LogP contribution is -2.10. The van der Waals surface area contributed by atoms with Crippen molar-refractivity contribution in [1.29, 1.82) is 0 Å². The maximum absolute atomic E-state index is 5.95. The normalized spacial score (nSPS) is 13.0. The molecule has 18 heavy (non-hydrogen) atoms. The first kappa shape index (κ1) is 10.8. The number of aryl methyl sites for hydroxylation is 1. The summed E-state index contributed by atoms with van der Waals surface area (Å²) in [5.74, 6) is 1.83. The number of hydrogen-bond acceptors (Lipinski definition) is 5. The number of nitrogens with two attached hydrogens (primary N) is 1. The highest BCUT2D eigenvalue weighted by atomic mass is 16.4. The first-order valence-electron chi connectivity index (χ1n) is 5.66. The molecular formula is C12H13N5O. The van der Waals surface area contributed by atoms with Gasteiger partial charge in [-0.1, -0.05) is 0 Å². The van der Waals surface area contributed by atoms with Crippen LogP contribution < -0.4 is 5.73 Å². The van der Waals surface area contributed by atoms with Crippen molar-refractivity contribution in [3.63, 3.8) is 0 Å².